The van der Waals surface area contributed by atoms with Crippen LogP contribution in [0.25, 0.3) is 6.08 Å². The monoisotopic (exact) mass is 526 g/mol. The topological polar surface area (TPSA) is 163 Å². The lowest BCUT2D eigenvalue weighted by atomic mass is 10.1. The van der Waals surface area contributed by atoms with E-state index in [9.17, 15) is 24.0 Å². The van der Waals surface area contributed by atoms with Gasteiger partial charge in [0.25, 0.3) is 5.91 Å². The van der Waals surface area contributed by atoms with Crippen LogP contribution in [-0.4, -0.2) is 79.2 Å². The predicted molar refractivity (Wildman–Crippen MR) is 143 cm³/mol. The summed E-state index contributed by atoms with van der Waals surface area (Å²) in [6.07, 6.45) is 6.55. The van der Waals surface area contributed by atoms with Gasteiger partial charge in [-0.1, -0.05) is 12.1 Å². The molecule has 3 rings (SSSR count). The first-order valence-corrected chi connectivity index (χ1v) is 13.3. The number of nitrogens with zero attached hydrogens (tertiary/aromatic N) is 1. The number of benzene rings is 1. The second-order valence-electron chi connectivity index (χ2n) is 9.50. The molecule has 206 valence electrons. The molecule has 0 saturated carbocycles. The molecule has 5 amide bonds. The summed E-state index contributed by atoms with van der Waals surface area (Å²) in [5, 5.41) is 11.1. The highest BCUT2D eigenvalue weighted by molar-refractivity contribution is 5.99. The number of carbonyl (C=O) groups is 5. The maximum Gasteiger partial charge on any atom is 0.254 e. The second-order valence-corrected chi connectivity index (χ2v) is 9.50. The van der Waals surface area contributed by atoms with E-state index < -0.39 is 12.1 Å². The summed E-state index contributed by atoms with van der Waals surface area (Å²) >= 11 is 0. The van der Waals surface area contributed by atoms with E-state index in [1.165, 1.54) is 6.08 Å². The third-order valence-corrected chi connectivity index (χ3v) is 6.58. The van der Waals surface area contributed by atoms with Crippen molar-refractivity contribution in [2.24, 2.45) is 5.73 Å². The minimum Gasteiger partial charge on any atom is -0.354 e. The third kappa shape index (κ3) is 8.69. The number of hydrogen-bond acceptors (Lipinski definition) is 6. The Balaban J connectivity index is 1.72. The molecule has 0 aromatic heterocycles. The van der Waals surface area contributed by atoms with Gasteiger partial charge in [0.2, 0.25) is 23.6 Å². The molecule has 1 saturated heterocycles. The fraction of sp³-hybridized carbons (Fsp3) is 0.519. The second kappa shape index (κ2) is 14.9. The Labute approximate surface area is 223 Å². The molecular weight excluding hydrogens is 488 g/mol. The zero-order valence-corrected chi connectivity index (χ0v) is 21.7. The van der Waals surface area contributed by atoms with Crippen molar-refractivity contribution in [3.63, 3.8) is 0 Å². The van der Waals surface area contributed by atoms with E-state index in [1.54, 1.807) is 35.2 Å². The number of nitrogens with two attached hydrogens (primary N) is 1. The number of carbonyl (C=O) groups excluding carboxylic acids is 5. The van der Waals surface area contributed by atoms with Crippen LogP contribution >= 0.6 is 0 Å². The van der Waals surface area contributed by atoms with Crippen LogP contribution in [0, 0.1) is 0 Å². The van der Waals surface area contributed by atoms with E-state index in [2.05, 4.69) is 21.3 Å². The van der Waals surface area contributed by atoms with Gasteiger partial charge in [0, 0.05) is 44.2 Å². The molecule has 38 heavy (non-hydrogen) atoms. The Kier molecular flexibility index (Phi) is 11.3. The fourth-order valence-electron chi connectivity index (χ4n) is 4.53. The minimum absolute atomic E-state index is 0.00274. The minimum atomic E-state index is -0.727. The summed E-state index contributed by atoms with van der Waals surface area (Å²) in [4.78, 5) is 65.1. The van der Waals surface area contributed by atoms with E-state index in [4.69, 9.17) is 5.73 Å². The molecule has 2 bridgehead atoms. The number of nitrogens with one attached hydrogen (secondary N) is 4. The Morgan fingerprint density at radius 2 is 1.87 bits per heavy atom. The highest BCUT2D eigenvalue weighted by Gasteiger charge is 2.34. The zero-order chi connectivity index (χ0) is 27.3. The number of amides is 5. The van der Waals surface area contributed by atoms with Crippen molar-refractivity contribution in [3.8, 4) is 0 Å². The van der Waals surface area contributed by atoms with Gasteiger partial charge in [-0.05, 0) is 68.8 Å². The van der Waals surface area contributed by atoms with Gasteiger partial charge in [0.05, 0.1) is 0 Å². The van der Waals surface area contributed by atoms with Crippen LogP contribution in [-0.2, 0) is 19.2 Å². The lowest BCUT2D eigenvalue weighted by molar-refractivity contribution is -0.129. The Bertz CT molecular complexity index is 1040. The normalized spacial score (nSPS) is 22.8. The van der Waals surface area contributed by atoms with Gasteiger partial charge in [-0.3, -0.25) is 24.0 Å². The lowest BCUT2D eigenvalue weighted by Crippen LogP contribution is -2.49. The largest absolute Gasteiger partial charge is 0.354 e. The van der Waals surface area contributed by atoms with Gasteiger partial charge in [0.15, 0.2) is 0 Å². The first-order chi connectivity index (χ1) is 18.4. The van der Waals surface area contributed by atoms with Crippen LogP contribution in [0.5, 0.6) is 0 Å². The molecule has 2 aliphatic heterocycles. The highest BCUT2D eigenvalue weighted by atomic mass is 16.2. The average Bonchev–Trinajstić information content (AvgIpc) is 3.40. The molecule has 0 spiro atoms. The van der Waals surface area contributed by atoms with Crippen molar-refractivity contribution in [1.82, 2.24) is 26.2 Å². The summed E-state index contributed by atoms with van der Waals surface area (Å²) < 4.78 is 0. The van der Waals surface area contributed by atoms with Crippen LogP contribution < -0.4 is 27.0 Å². The molecular formula is C27H38N6O5. The van der Waals surface area contributed by atoms with E-state index in [0.29, 0.717) is 75.8 Å². The fourth-order valence-corrected chi connectivity index (χ4v) is 4.53. The molecule has 0 unspecified atom stereocenters. The van der Waals surface area contributed by atoms with Crippen molar-refractivity contribution in [2.45, 2.75) is 57.0 Å². The van der Waals surface area contributed by atoms with Crippen molar-refractivity contribution in [2.75, 3.05) is 32.7 Å². The lowest BCUT2D eigenvalue weighted by Gasteiger charge is -2.24. The van der Waals surface area contributed by atoms with Crippen molar-refractivity contribution < 1.29 is 24.0 Å². The molecule has 6 N–H and O–H groups in total. The van der Waals surface area contributed by atoms with Gasteiger partial charge in [-0.2, -0.15) is 0 Å². The number of hydrogen-bond donors (Lipinski definition) is 5. The van der Waals surface area contributed by atoms with Crippen molar-refractivity contribution in [3.05, 3.63) is 41.5 Å². The summed E-state index contributed by atoms with van der Waals surface area (Å²) in [5.74, 6) is -1.48. The molecule has 11 heteroatoms. The van der Waals surface area contributed by atoms with Crippen LogP contribution in [0.2, 0.25) is 0 Å². The Hall–Kier alpha value is -3.73. The maximum atomic E-state index is 13.2. The molecule has 0 aliphatic carbocycles. The molecule has 1 fully saturated rings. The first-order valence-electron chi connectivity index (χ1n) is 13.3. The van der Waals surface area contributed by atoms with Crippen molar-refractivity contribution >= 4 is 35.6 Å². The van der Waals surface area contributed by atoms with Gasteiger partial charge < -0.3 is 31.9 Å². The first kappa shape index (κ1) is 28.8. The summed E-state index contributed by atoms with van der Waals surface area (Å²) in [5.41, 5.74) is 6.63. The number of fused-ring (bicyclic) bond motifs is 3. The molecule has 2 heterocycles. The molecule has 11 nitrogen and oxygen atoms in total. The van der Waals surface area contributed by atoms with E-state index in [-0.39, 0.29) is 42.5 Å². The smallest absolute Gasteiger partial charge is 0.254 e. The molecule has 2 atom stereocenters. The quantitative estimate of drug-likeness (QED) is 0.349. The van der Waals surface area contributed by atoms with Gasteiger partial charge >= 0.3 is 0 Å². The summed E-state index contributed by atoms with van der Waals surface area (Å²) in [6.45, 7) is 1.83. The highest BCUT2D eigenvalue weighted by Crippen LogP contribution is 2.21. The van der Waals surface area contributed by atoms with E-state index in [0.717, 1.165) is 0 Å². The van der Waals surface area contributed by atoms with Crippen LogP contribution in [0.15, 0.2) is 30.3 Å². The summed E-state index contributed by atoms with van der Waals surface area (Å²) in [6, 6.07) is 5.58. The van der Waals surface area contributed by atoms with Gasteiger partial charge in [-0.15, -0.1) is 0 Å². The van der Waals surface area contributed by atoms with E-state index >= 15 is 0 Å². The molecule has 2 aliphatic rings. The Morgan fingerprint density at radius 1 is 1.03 bits per heavy atom. The molecule has 1 aromatic carbocycles. The zero-order valence-electron chi connectivity index (χ0n) is 21.7. The predicted octanol–water partition coefficient (Wildman–Crippen LogP) is 0.0606. The molecule has 0 radical (unpaired) electrons. The van der Waals surface area contributed by atoms with Crippen molar-refractivity contribution in [1.29, 1.82) is 0 Å². The standard InChI is InChI=1S/C27H38N6O5/c28-13-5-15-30-25(36)21-8-1-2-14-29-23(34)11-10-19-6-3-7-20(18-19)27(38)33-17-4-9-22(33)26(37)31-16-12-24(35)32-21/h3,6-7,10-11,18,21-22H,1-2,4-5,8-9,12-17,28H2,(H,29,34)(H,30,36)(H,31,37)(H,32,35)/b11-10+/t21-,22-/m0/s1. The summed E-state index contributed by atoms with van der Waals surface area (Å²) in [7, 11) is 0. The van der Waals surface area contributed by atoms with E-state index in [1.807, 2.05) is 0 Å². The van der Waals surface area contributed by atoms with Crippen LogP contribution in [0.3, 0.4) is 0 Å². The van der Waals surface area contributed by atoms with Gasteiger partial charge in [0.1, 0.15) is 12.1 Å². The van der Waals surface area contributed by atoms with Crippen LogP contribution in [0.4, 0.5) is 0 Å². The van der Waals surface area contributed by atoms with Gasteiger partial charge in [-0.25, -0.2) is 0 Å². The number of rotatable bonds is 4. The SMILES string of the molecule is NCCCNC(=O)[C@@H]1CCCCNC(=O)/C=C/c2cccc(c2)C(=O)N2CCC[C@H]2C(=O)NCCC(=O)N1. The Morgan fingerprint density at radius 3 is 2.68 bits per heavy atom. The maximum absolute atomic E-state index is 13.2. The molecule has 1 aromatic rings. The average molecular weight is 527 g/mol. The third-order valence-electron chi connectivity index (χ3n) is 6.58. The van der Waals surface area contributed by atoms with Crippen LogP contribution in [0.1, 0.15) is 60.9 Å².